The largest absolute Gasteiger partial charge is 0.356 e. The number of hydrogen-bond donors (Lipinski definition) is 2. The summed E-state index contributed by atoms with van der Waals surface area (Å²) in [5.74, 6) is 0.950. The first-order valence-corrected chi connectivity index (χ1v) is 12.2. The summed E-state index contributed by atoms with van der Waals surface area (Å²) in [6, 6.07) is 12.0. The highest BCUT2D eigenvalue weighted by molar-refractivity contribution is 5.79. The van der Waals surface area contributed by atoms with E-state index in [0.29, 0.717) is 38.9 Å². The van der Waals surface area contributed by atoms with E-state index < -0.39 is 0 Å². The Morgan fingerprint density at radius 3 is 2.88 bits per heavy atom. The summed E-state index contributed by atoms with van der Waals surface area (Å²) in [6.45, 7) is 3.40. The molecule has 1 fully saturated rings. The maximum Gasteiger partial charge on any atom is 0.223 e. The van der Waals surface area contributed by atoms with Crippen molar-refractivity contribution in [3.8, 4) is 0 Å². The highest BCUT2D eigenvalue weighted by Crippen LogP contribution is 2.16. The summed E-state index contributed by atoms with van der Waals surface area (Å²) in [5.41, 5.74) is 3.20. The lowest BCUT2D eigenvalue weighted by molar-refractivity contribution is -0.126. The van der Waals surface area contributed by atoms with Gasteiger partial charge in [0.05, 0.1) is 11.0 Å². The van der Waals surface area contributed by atoms with Gasteiger partial charge in [-0.25, -0.2) is 4.98 Å². The van der Waals surface area contributed by atoms with Gasteiger partial charge in [0.2, 0.25) is 11.8 Å². The molecule has 1 aliphatic rings. The number of nitrogens with zero attached hydrogens (tertiary/aromatic N) is 4. The standard InChI is InChI=1S/C26H34N6O2/c1-31-23-9-3-2-8-22(23)30-24(31)11-15-29-26(34)21-7-5-16-32(17-12-25(33)28-14-10-21)19-20-6-4-13-27-18-20/h2-4,6,8-9,13,18,21H,5,7,10-12,14-17,19H2,1H3,(H,28,33)(H,29,34). The molecule has 1 unspecified atom stereocenters. The van der Waals surface area contributed by atoms with Crippen molar-refractivity contribution in [3.63, 3.8) is 0 Å². The Bertz CT molecular complexity index is 1100. The van der Waals surface area contributed by atoms with Crippen molar-refractivity contribution in [2.75, 3.05) is 26.2 Å². The number of fused-ring (bicyclic) bond motifs is 1. The predicted molar refractivity (Wildman–Crippen MR) is 132 cm³/mol. The normalized spacial score (nSPS) is 18.3. The van der Waals surface area contributed by atoms with Crippen LogP contribution in [0.2, 0.25) is 0 Å². The molecule has 0 aliphatic carbocycles. The molecule has 8 heteroatoms. The molecular formula is C26H34N6O2. The minimum Gasteiger partial charge on any atom is -0.356 e. The number of carbonyl (C=O) groups is 2. The van der Waals surface area contributed by atoms with Crippen LogP contribution in [0.25, 0.3) is 11.0 Å². The van der Waals surface area contributed by atoms with Crippen LogP contribution in [0.3, 0.4) is 0 Å². The SMILES string of the molecule is Cn1c(CCNC(=O)C2CCCN(Cc3cccnc3)CCC(=O)NCC2)nc2ccccc21. The Morgan fingerprint density at radius 2 is 2.06 bits per heavy atom. The van der Waals surface area contributed by atoms with Gasteiger partial charge in [-0.05, 0) is 49.6 Å². The van der Waals surface area contributed by atoms with Crippen molar-refractivity contribution in [2.45, 2.75) is 38.6 Å². The number of amides is 2. The molecule has 34 heavy (non-hydrogen) atoms. The molecule has 1 saturated heterocycles. The maximum absolute atomic E-state index is 13.0. The Labute approximate surface area is 200 Å². The predicted octanol–water partition coefficient (Wildman–Crippen LogP) is 2.44. The van der Waals surface area contributed by atoms with Crippen LogP contribution in [-0.2, 0) is 29.6 Å². The molecule has 0 radical (unpaired) electrons. The summed E-state index contributed by atoms with van der Waals surface area (Å²) in [6.07, 6.45) is 7.16. The molecule has 1 atom stereocenters. The number of carbonyl (C=O) groups excluding carboxylic acids is 2. The zero-order valence-electron chi connectivity index (χ0n) is 19.9. The molecule has 0 bridgehead atoms. The summed E-state index contributed by atoms with van der Waals surface area (Å²) in [7, 11) is 2.01. The lowest BCUT2D eigenvalue weighted by Gasteiger charge is -2.22. The minimum absolute atomic E-state index is 0.0408. The van der Waals surface area contributed by atoms with E-state index in [9.17, 15) is 9.59 Å². The van der Waals surface area contributed by atoms with Gasteiger partial charge < -0.3 is 15.2 Å². The Morgan fingerprint density at radius 1 is 1.18 bits per heavy atom. The van der Waals surface area contributed by atoms with Crippen molar-refractivity contribution >= 4 is 22.8 Å². The van der Waals surface area contributed by atoms with Crippen LogP contribution in [0.15, 0.2) is 48.8 Å². The van der Waals surface area contributed by atoms with Crippen LogP contribution in [0.5, 0.6) is 0 Å². The van der Waals surface area contributed by atoms with Crippen molar-refractivity contribution in [3.05, 3.63) is 60.2 Å². The number of benzene rings is 1. The van der Waals surface area contributed by atoms with E-state index >= 15 is 0 Å². The topological polar surface area (TPSA) is 92.2 Å². The van der Waals surface area contributed by atoms with Crippen molar-refractivity contribution < 1.29 is 9.59 Å². The zero-order chi connectivity index (χ0) is 23.8. The average molecular weight is 463 g/mol. The number of aromatic nitrogens is 3. The first-order chi connectivity index (χ1) is 16.6. The first-order valence-electron chi connectivity index (χ1n) is 12.2. The van der Waals surface area contributed by atoms with Crippen LogP contribution in [0, 0.1) is 5.92 Å². The molecule has 1 aliphatic heterocycles. The van der Waals surface area contributed by atoms with E-state index in [1.54, 1.807) is 6.20 Å². The van der Waals surface area contributed by atoms with E-state index in [4.69, 9.17) is 0 Å². The highest BCUT2D eigenvalue weighted by Gasteiger charge is 2.20. The number of para-hydroxylation sites is 2. The number of hydrogen-bond acceptors (Lipinski definition) is 5. The Balaban J connectivity index is 1.31. The maximum atomic E-state index is 13.0. The third kappa shape index (κ3) is 6.41. The van der Waals surface area contributed by atoms with Crippen molar-refractivity contribution in [1.82, 2.24) is 30.1 Å². The summed E-state index contributed by atoms with van der Waals surface area (Å²) in [4.78, 5) is 36.4. The molecular weight excluding hydrogens is 428 g/mol. The first kappa shape index (κ1) is 23.9. The lowest BCUT2D eigenvalue weighted by Crippen LogP contribution is -2.35. The monoisotopic (exact) mass is 462 g/mol. The molecule has 0 saturated carbocycles. The van der Waals surface area contributed by atoms with Crippen LogP contribution >= 0.6 is 0 Å². The smallest absolute Gasteiger partial charge is 0.223 e. The van der Waals surface area contributed by atoms with Gasteiger partial charge in [0, 0.05) is 64.4 Å². The Kier molecular flexibility index (Phi) is 8.25. The van der Waals surface area contributed by atoms with Crippen LogP contribution < -0.4 is 10.6 Å². The van der Waals surface area contributed by atoms with E-state index in [1.807, 2.05) is 37.5 Å². The molecule has 0 spiro atoms. The Hall–Kier alpha value is -3.26. The van der Waals surface area contributed by atoms with E-state index in [-0.39, 0.29) is 17.7 Å². The molecule has 2 N–H and O–H groups in total. The highest BCUT2D eigenvalue weighted by atomic mass is 16.2. The van der Waals surface area contributed by atoms with Gasteiger partial charge in [0.15, 0.2) is 0 Å². The fourth-order valence-corrected chi connectivity index (χ4v) is 4.58. The van der Waals surface area contributed by atoms with Crippen LogP contribution in [0.1, 0.15) is 37.1 Å². The summed E-state index contributed by atoms with van der Waals surface area (Å²) < 4.78 is 2.08. The molecule has 180 valence electrons. The van der Waals surface area contributed by atoms with Gasteiger partial charge in [0.25, 0.3) is 0 Å². The van der Waals surface area contributed by atoms with Crippen molar-refractivity contribution in [2.24, 2.45) is 13.0 Å². The molecule has 2 amide bonds. The number of pyridine rings is 1. The molecule has 3 aromatic rings. The fraction of sp³-hybridized carbons (Fsp3) is 0.462. The summed E-state index contributed by atoms with van der Waals surface area (Å²) in [5, 5.41) is 6.09. The van der Waals surface area contributed by atoms with Gasteiger partial charge in [0.1, 0.15) is 5.82 Å². The zero-order valence-corrected chi connectivity index (χ0v) is 19.9. The lowest BCUT2D eigenvalue weighted by atomic mass is 9.98. The number of imidazole rings is 1. The molecule has 3 heterocycles. The number of aryl methyl sites for hydroxylation is 1. The van der Waals surface area contributed by atoms with Crippen molar-refractivity contribution in [1.29, 1.82) is 0 Å². The average Bonchev–Trinajstić information content (AvgIpc) is 3.15. The molecule has 4 rings (SSSR count). The van der Waals surface area contributed by atoms with Gasteiger partial charge in [-0.3, -0.25) is 19.5 Å². The fourth-order valence-electron chi connectivity index (χ4n) is 4.58. The van der Waals surface area contributed by atoms with Gasteiger partial charge in [-0.2, -0.15) is 0 Å². The minimum atomic E-state index is -0.112. The second-order valence-corrected chi connectivity index (χ2v) is 8.98. The van der Waals surface area contributed by atoms with Gasteiger partial charge in [-0.15, -0.1) is 0 Å². The molecule has 8 nitrogen and oxygen atoms in total. The number of rotatable bonds is 6. The van der Waals surface area contributed by atoms with E-state index in [2.05, 4.69) is 42.2 Å². The number of nitrogens with one attached hydrogen (secondary N) is 2. The van der Waals surface area contributed by atoms with Gasteiger partial charge >= 0.3 is 0 Å². The quantitative estimate of drug-likeness (QED) is 0.587. The second kappa shape index (κ2) is 11.7. The summed E-state index contributed by atoms with van der Waals surface area (Å²) >= 11 is 0. The van der Waals surface area contributed by atoms with E-state index in [1.165, 1.54) is 0 Å². The van der Waals surface area contributed by atoms with Crippen LogP contribution in [0.4, 0.5) is 0 Å². The second-order valence-electron chi connectivity index (χ2n) is 8.98. The van der Waals surface area contributed by atoms with Gasteiger partial charge in [-0.1, -0.05) is 18.2 Å². The molecule has 1 aromatic carbocycles. The van der Waals surface area contributed by atoms with Crippen LogP contribution in [-0.4, -0.2) is 57.4 Å². The third-order valence-corrected chi connectivity index (χ3v) is 6.52. The third-order valence-electron chi connectivity index (χ3n) is 6.52. The molecule has 2 aromatic heterocycles. The van der Waals surface area contributed by atoms with E-state index in [0.717, 1.165) is 48.4 Å².